The van der Waals surface area contributed by atoms with E-state index >= 15 is 0 Å². The first-order valence-corrected chi connectivity index (χ1v) is 8.97. The maximum Gasteiger partial charge on any atom is 0.522 e. The molecule has 0 aromatic heterocycles. The molecule has 0 unspecified atom stereocenters. The first-order valence-electron chi connectivity index (χ1n) is 7.53. The number of halogens is 3. The molecule has 9 heteroatoms. The molecule has 0 spiro atoms. The lowest BCUT2D eigenvalue weighted by atomic mass is 10.1. The summed E-state index contributed by atoms with van der Waals surface area (Å²) in [6, 6.07) is 0. The Morgan fingerprint density at radius 1 is 1.00 bits per heavy atom. The van der Waals surface area contributed by atoms with Crippen LogP contribution >= 0.6 is 0 Å². The number of rotatable bonds is 6. The highest BCUT2D eigenvalue weighted by atomic mass is 32.2. The van der Waals surface area contributed by atoms with Crippen molar-refractivity contribution in [3.63, 3.8) is 0 Å². The highest BCUT2D eigenvalue weighted by Crippen LogP contribution is 2.20. The third-order valence-corrected chi connectivity index (χ3v) is 3.72. The van der Waals surface area contributed by atoms with Gasteiger partial charge >= 0.3 is 15.6 Å². The van der Waals surface area contributed by atoms with Gasteiger partial charge in [-0.05, 0) is 24.7 Å². The van der Waals surface area contributed by atoms with Crippen molar-refractivity contribution in [2.24, 2.45) is 11.8 Å². The normalized spacial score (nSPS) is 15.4. The summed E-state index contributed by atoms with van der Waals surface area (Å²) < 4.78 is 57.5. The van der Waals surface area contributed by atoms with Gasteiger partial charge in [0, 0.05) is 25.5 Å². The molecule has 0 bridgehead atoms. The van der Waals surface area contributed by atoms with Gasteiger partial charge in [0.25, 0.3) is 0 Å². The van der Waals surface area contributed by atoms with Crippen molar-refractivity contribution in [3.8, 4) is 0 Å². The number of nitrogens with zero attached hydrogens (tertiary/aromatic N) is 2. The second-order valence-electron chi connectivity index (χ2n) is 6.35. The predicted octanol–water partition coefficient (Wildman–Crippen LogP) is 3.52. The molecule has 1 N–H and O–H groups in total. The van der Waals surface area contributed by atoms with E-state index in [1.807, 2.05) is 0 Å². The van der Waals surface area contributed by atoms with E-state index in [1.54, 1.807) is 0 Å². The van der Waals surface area contributed by atoms with Crippen LogP contribution in [0.2, 0.25) is 0 Å². The summed E-state index contributed by atoms with van der Waals surface area (Å²) in [6.07, 6.45) is 7.07. The van der Waals surface area contributed by atoms with E-state index in [9.17, 15) is 13.2 Å². The van der Waals surface area contributed by atoms with Crippen molar-refractivity contribution in [1.82, 2.24) is 9.80 Å². The molecule has 0 aliphatic carbocycles. The first kappa shape index (κ1) is 22.0. The average molecular weight is 360 g/mol. The zero-order valence-electron chi connectivity index (χ0n) is 14.0. The molecule has 1 heterocycles. The molecule has 0 saturated carbocycles. The lowest BCUT2D eigenvalue weighted by molar-refractivity contribution is -0.0510. The standard InChI is InChI=1S/C13H26N2.CHF3O3S/c1-12(2)5-7-14-9-10-15(11-14)8-6-13(3)4;2-1(3,4)8(5,6)7/h9-10,12-13H,5-8,11H2,1-4H3;(H,5,6,7). The molecule has 0 saturated heterocycles. The van der Waals surface area contributed by atoms with Crippen molar-refractivity contribution in [1.29, 1.82) is 0 Å². The molecule has 0 fully saturated rings. The van der Waals surface area contributed by atoms with Gasteiger partial charge in [0.2, 0.25) is 0 Å². The molecule has 138 valence electrons. The zero-order chi connectivity index (χ0) is 18.3. The zero-order valence-corrected chi connectivity index (χ0v) is 14.9. The Balaban J connectivity index is 0.000000515. The summed E-state index contributed by atoms with van der Waals surface area (Å²) in [7, 11) is -5.84. The van der Waals surface area contributed by atoms with Crippen LogP contribution in [0.25, 0.3) is 0 Å². The van der Waals surface area contributed by atoms with E-state index in [0.29, 0.717) is 0 Å². The first-order chi connectivity index (χ1) is 10.3. The minimum atomic E-state index is -5.84. The van der Waals surface area contributed by atoms with Gasteiger partial charge in [0.05, 0.1) is 6.67 Å². The molecule has 1 aliphatic heterocycles. The van der Waals surface area contributed by atoms with Crippen LogP contribution in [-0.2, 0) is 10.1 Å². The Morgan fingerprint density at radius 3 is 1.52 bits per heavy atom. The van der Waals surface area contributed by atoms with E-state index in [-0.39, 0.29) is 0 Å². The van der Waals surface area contributed by atoms with Gasteiger partial charge in [0.15, 0.2) is 0 Å². The van der Waals surface area contributed by atoms with Crippen LogP contribution in [0.5, 0.6) is 0 Å². The molecule has 1 aliphatic rings. The highest BCUT2D eigenvalue weighted by Gasteiger charge is 2.44. The van der Waals surface area contributed by atoms with Crippen molar-refractivity contribution in [2.45, 2.75) is 46.0 Å². The molecule has 0 amide bonds. The largest absolute Gasteiger partial charge is 0.522 e. The van der Waals surface area contributed by atoms with Gasteiger partial charge in [-0.25, -0.2) is 0 Å². The van der Waals surface area contributed by atoms with Crippen molar-refractivity contribution < 1.29 is 26.1 Å². The fourth-order valence-electron chi connectivity index (χ4n) is 1.65. The lowest BCUT2D eigenvalue weighted by Crippen LogP contribution is -2.27. The Bertz CT molecular complexity index is 442. The number of hydrogen-bond donors (Lipinski definition) is 1. The van der Waals surface area contributed by atoms with E-state index in [4.69, 9.17) is 13.0 Å². The van der Waals surface area contributed by atoms with Gasteiger partial charge in [-0.3, -0.25) is 4.55 Å². The van der Waals surface area contributed by atoms with Crippen molar-refractivity contribution in [2.75, 3.05) is 19.8 Å². The second-order valence-corrected chi connectivity index (χ2v) is 7.76. The fourth-order valence-corrected chi connectivity index (χ4v) is 1.65. The third kappa shape index (κ3) is 10.4. The van der Waals surface area contributed by atoms with Crippen LogP contribution < -0.4 is 0 Å². The SMILES string of the molecule is CC(C)CCN1C=CN(CCC(C)C)C1.O=S(=O)(O)C(F)(F)F. The van der Waals surface area contributed by atoms with E-state index in [0.717, 1.165) is 18.5 Å². The Labute approximate surface area is 136 Å². The van der Waals surface area contributed by atoms with E-state index in [2.05, 4.69) is 49.9 Å². The molecule has 0 atom stereocenters. The maximum atomic E-state index is 10.7. The summed E-state index contributed by atoms with van der Waals surface area (Å²) in [5, 5.41) is 0. The van der Waals surface area contributed by atoms with Crippen molar-refractivity contribution in [3.05, 3.63) is 12.4 Å². The van der Waals surface area contributed by atoms with Gasteiger partial charge in [-0.15, -0.1) is 0 Å². The number of alkyl halides is 3. The van der Waals surface area contributed by atoms with Crippen LogP contribution in [0.3, 0.4) is 0 Å². The van der Waals surface area contributed by atoms with Gasteiger partial charge in [0.1, 0.15) is 0 Å². The van der Waals surface area contributed by atoms with E-state index in [1.165, 1.54) is 25.9 Å². The monoisotopic (exact) mass is 360 g/mol. The average Bonchev–Trinajstić information content (AvgIpc) is 2.80. The summed E-state index contributed by atoms with van der Waals surface area (Å²) in [5.74, 6) is 1.62. The summed E-state index contributed by atoms with van der Waals surface area (Å²) >= 11 is 0. The molecular formula is C14H27F3N2O3S. The van der Waals surface area contributed by atoms with Gasteiger partial charge in [-0.2, -0.15) is 21.6 Å². The molecule has 0 radical (unpaired) electrons. The van der Waals surface area contributed by atoms with Crippen LogP contribution in [0, 0.1) is 11.8 Å². The minimum Gasteiger partial charge on any atom is -0.359 e. The predicted molar refractivity (Wildman–Crippen MR) is 83.9 cm³/mol. The topological polar surface area (TPSA) is 60.9 Å². The summed E-state index contributed by atoms with van der Waals surface area (Å²) in [6.45, 7) is 12.7. The van der Waals surface area contributed by atoms with Crippen molar-refractivity contribution >= 4 is 10.1 Å². The minimum absolute atomic E-state index is 0.808. The quantitative estimate of drug-likeness (QED) is 0.580. The Morgan fingerprint density at radius 2 is 1.30 bits per heavy atom. The Kier molecular flexibility index (Phi) is 8.97. The smallest absolute Gasteiger partial charge is 0.359 e. The summed E-state index contributed by atoms with van der Waals surface area (Å²) in [4.78, 5) is 4.83. The lowest BCUT2D eigenvalue weighted by Gasteiger charge is -2.22. The van der Waals surface area contributed by atoms with Crippen LogP contribution in [0.4, 0.5) is 13.2 Å². The second kappa shape index (κ2) is 9.36. The molecule has 1 rings (SSSR count). The molecule has 0 aromatic rings. The fraction of sp³-hybridized carbons (Fsp3) is 0.857. The maximum absolute atomic E-state index is 10.7. The Hall–Kier alpha value is -0.960. The number of hydrogen-bond acceptors (Lipinski definition) is 4. The van der Waals surface area contributed by atoms with Gasteiger partial charge < -0.3 is 9.80 Å². The van der Waals surface area contributed by atoms with Crippen LogP contribution in [-0.4, -0.2) is 48.0 Å². The van der Waals surface area contributed by atoms with Crippen LogP contribution in [0.15, 0.2) is 12.4 Å². The molecule has 23 heavy (non-hydrogen) atoms. The van der Waals surface area contributed by atoms with E-state index < -0.39 is 15.6 Å². The molecule has 0 aromatic carbocycles. The van der Waals surface area contributed by atoms with Gasteiger partial charge in [-0.1, -0.05) is 27.7 Å². The highest BCUT2D eigenvalue weighted by molar-refractivity contribution is 7.86. The molecule has 5 nitrogen and oxygen atoms in total. The van der Waals surface area contributed by atoms with Crippen LogP contribution in [0.1, 0.15) is 40.5 Å². The third-order valence-electron chi connectivity index (χ3n) is 3.13. The molecular weight excluding hydrogens is 333 g/mol. The summed E-state index contributed by atoms with van der Waals surface area (Å²) in [5.41, 5.74) is -5.53.